The van der Waals surface area contributed by atoms with Crippen LogP contribution in [-0.2, 0) is 6.61 Å². The lowest BCUT2D eigenvalue weighted by molar-refractivity contribution is 0.281. The van der Waals surface area contributed by atoms with Crippen LogP contribution in [0.25, 0.3) is 11.3 Å². The van der Waals surface area contributed by atoms with Crippen molar-refractivity contribution in [1.82, 2.24) is 10.2 Å². The standard InChI is InChI=1S/C11H12N2O/c1-8-6-9(2-3-10(8)7-14)11-4-5-12-13-11/h2-6,14H,7H2,1H3,(H,12,13). The fourth-order valence-corrected chi connectivity index (χ4v) is 1.46. The predicted molar refractivity (Wildman–Crippen MR) is 54.7 cm³/mol. The lowest BCUT2D eigenvalue weighted by Crippen LogP contribution is -1.89. The number of H-pyrrole nitrogens is 1. The number of nitrogens with one attached hydrogen (secondary N) is 1. The van der Waals surface area contributed by atoms with Crippen LogP contribution in [0, 0.1) is 6.92 Å². The Labute approximate surface area is 82.4 Å². The first kappa shape index (κ1) is 8.97. The summed E-state index contributed by atoms with van der Waals surface area (Å²) in [4.78, 5) is 0. The second-order valence-corrected chi connectivity index (χ2v) is 3.27. The van der Waals surface area contributed by atoms with Crippen LogP contribution in [0.15, 0.2) is 30.5 Å². The largest absolute Gasteiger partial charge is 0.392 e. The third-order valence-electron chi connectivity index (χ3n) is 2.32. The molecular weight excluding hydrogens is 176 g/mol. The number of aromatic nitrogens is 2. The van der Waals surface area contributed by atoms with Crippen molar-refractivity contribution in [2.75, 3.05) is 0 Å². The predicted octanol–water partition coefficient (Wildman–Crippen LogP) is 1.88. The summed E-state index contributed by atoms with van der Waals surface area (Å²) in [5, 5.41) is 15.8. The van der Waals surface area contributed by atoms with Gasteiger partial charge < -0.3 is 5.11 Å². The van der Waals surface area contributed by atoms with Crippen molar-refractivity contribution >= 4 is 0 Å². The number of benzene rings is 1. The number of rotatable bonds is 2. The number of aryl methyl sites for hydroxylation is 1. The molecule has 0 saturated heterocycles. The van der Waals surface area contributed by atoms with Crippen LogP contribution in [0.2, 0.25) is 0 Å². The molecule has 0 unspecified atom stereocenters. The van der Waals surface area contributed by atoms with Crippen molar-refractivity contribution < 1.29 is 5.11 Å². The van der Waals surface area contributed by atoms with Crippen molar-refractivity contribution in [2.24, 2.45) is 0 Å². The van der Waals surface area contributed by atoms with Crippen molar-refractivity contribution in [3.63, 3.8) is 0 Å². The summed E-state index contributed by atoms with van der Waals surface area (Å²) in [5.74, 6) is 0. The van der Waals surface area contributed by atoms with Crippen molar-refractivity contribution in [3.8, 4) is 11.3 Å². The molecule has 2 aromatic rings. The van der Waals surface area contributed by atoms with E-state index < -0.39 is 0 Å². The molecule has 1 aromatic carbocycles. The van der Waals surface area contributed by atoms with Gasteiger partial charge in [0, 0.05) is 6.20 Å². The Morgan fingerprint density at radius 3 is 2.79 bits per heavy atom. The fraction of sp³-hybridized carbons (Fsp3) is 0.182. The van der Waals surface area contributed by atoms with E-state index in [1.54, 1.807) is 6.20 Å². The Balaban J connectivity index is 2.43. The molecule has 0 aliphatic carbocycles. The SMILES string of the molecule is Cc1cc(-c2ccn[nH]2)ccc1CO. The van der Waals surface area contributed by atoms with E-state index in [9.17, 15) is 0 Å². The van der Waals surface area contributed by atoms with E-state index in [2.05, 4.69) is 10.2 Å². The summed E-state index contributed by atoms with van der Waals surface area (Å²) < 4.78 is 0. The number of nitrogens with zero attached hydrogens (tertiary/aromatic N) is 1. The minimum atomic E-state index is 0.0924. The van der Waals surface area contributed by atoms with Gasteiger partial charge in [-0.1, -0.05) is 12.1 Å². The smallest absolute Gasteiger partial charge is 0.0684 e. The summed E-state index contributed by atoms with van der Waals surface area (Å²) in [6, 6.07) is 7.88. The van der Waals surface area contributed by atoms with Crippen molar-refractivity contribution in [3.05, 3.63) is 41.6 Å². The number of aliphatic hydroxyl groups excluding tert-OH is 1. The zero-order chi connectivity index (χ0) is 9.97. The monoisotopic (exact) mass is 188 g/mol. The summed E-state index contributed by atoms with van der Waals surface area (Å²) in [7, 11) is 0. The van der Waals surface area contributed by atoms with Gasteiger partial charge in [-0.2, -0.15) is 5.10 Å². The molecule has 3 nitrogen and oxygen atoms in total. The molecular formula is C11H12N2O. The van der Waals surface area contributed by atoms with E-state index in [1.165, 1.54) is 0 Å². The van der Waals surface area contributed by atoms with Crippen LogP contribution < -0.4 is 0 Å². The van der Waals surface area contributed by atoms with Gasteiger partial charge in [0.15, 0.2) is 0 Å². The van der Waals surface area contributed by atoms with Crippen LogP contribution in [0.5, 0.6) is 0 Å². The highest BCUT2D eigenvalue weighted by atomic mass is 16.3. The first-order valence-electron chi connectivity index (χ1n) is 4.51. The van der Waals surface area contributed by atoms with Crippen molar-refractivity contribution in [1.29, 1.82) is 0 Å². The highest BCUT2D eigenvalue weighted by Crippen LogP contribution is 2.19. The molecule has 1 aromatic heterocycles. The highest BCUT2D eigenvalue weighted by Gasteiger charge is 2.01. The Morgan fingerprint density at radius 2 is 2.21 bits per heavy atom. The Morgan fingerprint density at radius 1 is 1.36 bits per heavy atom. The van der Waals surface area contributed by atoms with Crippen LogP contribution in [0.4, 0.5) is 0 Å². The van der Waals surface area contributed by atoms with E-state index in [0.717, 1.165) is 22.4 Å². The quantitative estimate of drug-likeness (QED) is 0.756. The topological polar surface area (TPSA) is 48.9 Å². The molecule has 72 valence electrons. The Kier molecular flexibility index (Phi) is 2.33. The molecule has 0 aliphatic rings. The maximum atomic E-state index is 9.02. The van der Waals surface area contributed by atoms with Crippen LogP contribution in [-0.4, -0.2) is 15.3 Å². The molecule has 0 bridgehead atoms. The summed E-state index contributed by atoms with van der Waals surface area (Å²) in [6.07, 6.45) is 1.73. The van der Waals surface area contributed by atoms with E-state index in [1.807, 2.05) is 31.2 Å². The summed E-state index contributed by atoms with van der Waals surface area (Å²) in [6.45, 7) is 2.08. The lowest BCUT2D eigenvalue weighted by atomic mass is 10.0. The first-order valence-corrected chi connectivity index (χ1v) is 4.51. The third-order valence-corrected chi connectivity index (χ3v) is 2.32. The Hall–Kier alpha value is -1.61. The molecule has 1 heterocycles. The summed E-state index contributed by atoms with van der Waals surface area (Å²) in [5.41, 5.74) is 4.16. The zero-order valence-corrected chi connectivity index (χ0v) is 7.99. The van der Waals surface area contributed by atoms with Gasteiger partial charge in [-0.25, -0.2) is 0 Å². The number of aliphatic hydroxyl groups is 1. The molecule has 0 saturated carbocycles. The maximum absolute atomic E-state index is 9.02. The van der Waals surface area contributed by atoms with Crippen molar-refractivity contribution in [2.45, 2.75) is 13.5 Å². The molecule has 2 rings (SSSR count). The van der Waals surface area contributed by atoms with E-state index >= 15 is 0 Å². The average molecular weight is 188 g/mol. The number of hydrogen-bond donors (Lipinski definition) is 2. The molecule has 0 radical (unpaired) electrons. The normalized spacial score (nSPS) is 10.4. The van der Waals surface area contributed by atoms with Gasteiger partial charge in [0.1, 0.15) is 0 Å². The van der Waals surface area contributed by atoms with E-state index in [0.29, 0.717) is 0 Å². The molecule has 3 heteroatoms. The summed E-state index contributed by atoms with van der Waals surface area (Å²) >= 11 is 0. The molecule has 0 aliphatic heterocycles. The third kappa shape index (κ3) is 1.54. The second-order valence-electron chi connectivity index (χ2n) is 3.27. The average Bonchev–Trinajstić information content (AvgIpc) is 2.70. The van der Waals surface area contributed by atoms with Gasteiger partial charge in [0.2, 0.25) is 0 Å². The Bertz CT molecular complexity index is 421. The highest BCUT2D eigenvalue weighted by molar-refractivity contribution is 5.60. The minimum absolute atomic E-state index is 0.0924. The minimum Gasteiger partial charge on any atom is -0.392 e. The lowest BCUT2D eigenvalue weighted by Gasteiger charge is -2.04. The van der Waals surface area contributed by atoms with Crippen LogP contribution >= 0.6 is 0 Å². The number of hydrogen-bond acceptors (Lipinski definition) is 2. The second kappa shape index (κ2) is 3.64. The van der Waals surface area contributed by atoms with Gasteiger partial charge in [-0.3, -0.25) is 5.10 Å². The fourth-order valence-electron chi connectivity index (χ4n) is 1.46. The molecule has 0 spiro atoms. The van der Waals surface area contributed by atoms with Gasteiger partial charge in [0.25, 0.3) is 0 Å². The van der Waals surface area contributed by atoms with E-state index in [-0.39, 0.29) is 6.61 Å². The molecule has 2 N–H and O–H groups in total. The molecule has 14 heavy (non-hydrogen) atoms. The number of aromatic amines is 1. The first-order chi connectivity index (χ1) is 6.81. The molecule has 0 amide bonds. The molecule has 0 atom stereocenters. The van der Waals surface area contributed by atoms with Gasteiger partial charge in [-0.15, -0.1) is 0 Å². The van der Waals surface area contributed by atoms with E-state index in [4.69, 9.17) is 5.11 Å². The van der Waals surface area contributed by atoms with Gasteiger partial charge >= 0.3 is 0 Å². The van der Waals surface area contributed by atoms with Crippen LogP contribution in [0.1, 0.15) is 11.1 Å². The maximum Gasteiger partial charge on any atom is 0.0684 e. The van der Waals surface area contributed by atoms with Gasteiger partial charge in [0.05, 0.1) is 12.3 Å². The molecule has 0 fully saturated rings. The zero-order valence-electron chi connectivity index (χ0n) is 7.99. The van der Waals surface area contributed by atoms with Gasteiger partial charge in [-0.05, 0) is 35.7 Å². The van der Waals surface area contributed by atoms with Crippen LogP contribution in [0.3, 0.4) is 0 Å².